The third-order valence-corrected chi connectivity index (χ3v) is 6.88. The maximum Gasteiger partial charge on any atom is 0.0639 e. The summed E-state index contributed by atoms with van der Waals surface area (Å²) in [5.74, 6) is 0. The van der Waals surface area contributed by atoms with E-state index in [9.17, 15) is 0 Å². The van der Waals surface area contributed by atoms with Crippen molar-refractivity contribution in [2.75, 3.05) is 0 Å². The van der Waals surface area contributed by atoms with E-state index in [4.69, 9.17) is 4.98 Å². The van der Waals surface area contributed by atoms with Crippen LogP contribution in [0.25, 0.3) is 49.7 Å². The fourth-order valence-electron chi connectivity index (χ4n) is 5.16. The first kappa shape index (κ1) is 28.4. The predicted molar refractivity (Wildman–Crippen MR) is 145 cm³/mol. The summed E-state index contributed by atoms with van der Waals surface area (Å²) in [6.45, 7) is 8.78. The molecule has 0 N–H and O–H groups in total. The summed E-state index contributed by atoms with van der Waals surface area (Å²) in [5.41, 5.74) is 12.1. The number of nitrogens with zero attached hydrogens (tertiary/aromatic N) is 2. The van der Waals surface area contributed by atoms with E-state index in [1.54, 1.807) is 0 Å². The molecule has 4 heteroatoms. The standard InChI is InChI=1S/C31H25N2.CH3.Ir.Y/c1-19-16-27-25-12-8-9-13-26(25)31-32-18-29(33(31)28(27)17-20(19)2)30-21(3)14-24(15-22(30)4)23-10-6-5-7-11-23;;;/h5-12,14-18H,1-4H3;1H3;;/q2*-1;;. The van der Waals surface area contributed by atoms with Gasteiger partial charge in [0.25, 0.3) is 0 Å². The summed E-state index contributed by atoms with van der Waals surface area (Å²) < 4.78 is 2.33. The van der Waals surface area contributed by atoms with Crippen molar-refractivity contribution in [2.24, 2.45) is 0 Å². The molecule has 4 aromatic carbocycles. The Hall–Kier alpha value is -2.16. The monoisotopic (exact) mass is 722 g/mol. The van der Waals surface area contributed by atoms with Crippen LogP contribution in [0.1, 0.15) is 22.3 Å². The molecule has 2 heterocycles. The van der Waals surface area contributed by atoms with E-state index in [1.807, 2.05) is 12.3 Å². The SMILES string of the molecule is Cc1cc2c3ccc[c-]c3c3ncc(-c4c(C)cc(-c5ccccc5)cc4C)n3c2cc1C.[CH3-].[Ir].[Y]. The molecule has 0 unspecified atom stereocenters. The maximum atomic E-state index is 4.92. The molecule has 0 aliphatic heterocycles. The molecule has 0 bridgehead atoms. The van der Waals surface area contributed by atoms with Crippen LogP contribution >= 0.6 is 0 Å². The van der Waals surface area contributed by atoms with Crippen LogP contribution < -0.4 is 0 Å². The number of aryl methyl sites for hydroxylation is 4. The van der Waals surface area contributed by atoms with Crippen LogP contribution in [0.5, 0.6) is 0 Å². The number of pyridine rings is 1. The summed E-state index contributed by atoms with van der Waals surface area (Å²) in [5, 5.41) is 3.51. The number of benzene rings is 4. The van der Waals surface area contributed by atoms with Gasteiger partial charge < -0.3 is 11.8 Å². The van der Waals surface area contributed by atoms with Gasteiger partial charge in [0.05, 0.1) is 11.3 Å². The van der Waals surface area contributed by atoms with Crippen molar-refractivity contribution in [3.8, 4) is 22.4 Å². The van der Waals surface area contributed by atoms with Crippen LogP contribution in [-0.2, 0) is 52.8 Å². The van der Waals surface area contributed by atoms with E-state index in [-0.39, 0.29) is 60.2 Å². The third-order valence-electron chi connectivity index (χ3n) is 6.88. The number of imidazole rings is 1. The van der Waals surface area contributed by atoms with E-state index >= 15 is 0 Å². The molecule has 0 saturated heterocycles. The molecule has 0 aliphatic rings. The van der Waals surface area contributed by atoms with Gasteiger partial charge in [-0.15, -0.1) is 29.7 Å². The van der Waals surface area contributed by atoms with Crippen molar-refractivity contribution in [1.82, 2.24) is 9.38 Å². The van der Waals surface area contributed by atoms with Gasteiger partial charge in [0.15, 0.2) is 0 Å². The Morgan fingerprint density at radius 2 is 1.39 bits per heavy atom. The van der Waals surface area contributed by atoms with E-state index in [1.165, 1.54) is 55.2 Å². The average Bonchev–Trinajstić information content (AvgIpc) is 3.25. The Bertz CT molecular complexity index is 1680. The molecule has 6 aromatic rings. The van der Waals surface area contributed by atoms with E-state index in [0.717, 1.165) is 16.7 Å². The van der Waals surface area contributed by atoms with Crippen molar-refractivity contribution in [3.63, 3.8) is 0 Å². The minimum Gasteiger partial charge on any atom is -0.358 e. The molecular weight excluding hydrogens is 693 g/mol. The molecular formula is C32H28IrN2Y-2. The summed E-state index contributed by atoms with van der Waals surface area (Å²) >= 11 is 0. The maximum absolute atomic E-state index is 4.92. The first-order valence-corrected chi connectivity index (χ1v) is 11.4. The topological polar surface area (TPSA) is 17.3 Å². The largest absolute Gasteiger partial charge is 0.358 e. The van der Waals surface area contributed by atoms with E-state index in [2.05, 4.69) is 105 Å². The first-order valence-electron chi connectivity index (χ1n) is 11.4. The van der Waals surface area contributed by atoms with Gasteiger partial charge >= 0.3 is 0 Å². The molecule has 0 amide bonds. The van der Waals surface area contributed by atoms with Crippen molar-refractivity contribution in [1.29, 1.82) is 0 Å². The van der Waals surface area contributed by atoms with Gasteiger partial charge in [-0.2, -0.15) is 0 Å². The number of aromatic nitrogens is 2. The van der Waals surface area contributed by atoms with Crippen LogP contribution in [0.4, 0.5) is 0 Å². The number of hydrogen-bond acceptors (Lipinski definition) is 1. The fraction of sp³-hybridized carbons (Fsp3) is 0.125. The van der Waals surface area contributed by atoms with Gasteiger partial charge in [-0.25, -0.2) is 0 Å². The normalized spacial score (nSPS) is 10.7. The Labute approximate surface area is 252 Å². The molecule has 36 heavy (non-hydrogen) atoms. The summed E-state index contributed by atoms with van der Waals surface area (Å²) in [6.07, 6.45) is 2.03. The number of fused-ring (bicyclic) bond motifs is 6. The Kier molecular flexibility index (Phi) is 8.74. The third kappa shape index (κ3) is 4.52. The second-order valence-electron chi connectivity index (χ2n) is 9.07. The average molecular weight is 722 g/mol. The molecule has 0 spiro atoms. The van der Waals surface area contributed by atoms with E-state index in [0.29, 0.717) is 0 Å². The Morgan fingerprint density at radius 3 is 2.08 bits per heavy atom. The molecule has 2 radical (unpaired) electrons. The minimum atomic E-state index is 0. The fourth-order valence-corrected chi connectivity index (χ4v) is 5.16. The summed E-state index contributed by atoms with van der Waals surface area (Å²) in [6, 6.07) is 29.5. The van der Waals surface area contributed by atoms with Crippen LogP contribution in [0, 0.1) is 41.2 Å². The molecule has 0 saturated carbocycles. The second kappa shape index (κ2) is 11.1. The predicted octanol–water partition coefficient (Wildman–Crippen LogP) is 8.45. The van der Waals surface area contributed by atoms with Crippen LogP contribution in [-0.4, -0.2) is 9.38 Å². The zero-order chi connectivity index (χ0) is 22.7. The zero-order valence-corrected chi connectivity index (χ0v) is 26.5. The van der Waals surface area contributed by atoms with Crippen molar-refractivity contribution >= 4 is 27.3 Å². The van der Waals surface area contributed by atoms with Crippen LogP contribution in [0.15, 0.2) is 79.0 Å². The van der Waals surface area contributed by atoms with Gasteiger partial charge in [-0.1, -0.05) is 53.9 Å². The Balaban J connectivity index is 0.00000120. The molecule has 0 aliphatic carbocycles. The minimum absolute atomic E-state index is 0. The smallest absolute Gasteiger partial charge is 0.0639 e. The molecule has 0 atom stereocenters. The van der Waals surface area contributed by atoms with Gasteiger partial charge in [-0.05, 0) is 72.5 Å². The molecule has 2 nitrogen and oxygen atoms in total. The summed E-state index contributed by atoms with van der Waals surface area (Å²) in [4.78, 5) is 4.92. The molecule has 180 valence electrons. The van der Waals surface area contributed by atoms with Gasteiger partial charge in [0, 0.05) is 70.1 Å². The van der Waals surface area contributed by atoms with Crippen LogP contribution in [0.2, 0.25) is 0 Å². The van der Waals surface area contributed by atoms with Crippen molar-refractivity contribution < 1.29 is 52.8 Å². The molecule has 0 fully saturated rings. The first-order chi connectivity index (χ1) is 16.0. The van der Waals surface area contributed by atoms with Gasteiger partial charge in [0.2, 0.25) is 0 Å². The molecule has 6 rings (SSSR count). The van der Waals surface area contributed by atoms with Crippen molar-refractivity contribution in [3.05, 3.63) is 115 Å². The van der Waals surface area contributed by atoms with Crippen molar-refractivity contribution in [2.45, 2.75) is 27.7 Å². The number of rotatable bonds is 2. The second-order valence-corrected chi connectivity index (χ2v) is 9.07. The van der Waals surface area contributed by atoms with E-state index < -0.39 is 0 Å². The Morgan fingerprint density at radius 1 is 0.722 bits per heavy atom. The van der Waals surface area contributed by atoms with Crippen LogP contribution in [0.3, 0.4) is 0 Å². The van der Waals surface area contributed by atoms with Gasteiger partial charge in [-0.3, -0.25) is 4.98 Å². The number of hydrogen-bond donors (Lipinski definition) is 0. The summed E-state index contributed by atoms with van der Waals surface area (Å²) in [7, 11) is 0. The quantitative estimate of drug-likeness (QED) is 0.130. The van der Waals surface area contributed by atoms with Gasteiger partial charge in [0.1, 0.15) is 0 Å². The zero-order valence-electron chi connectivity index (χ0n) is 21.3. The molecule has 2 aromatic heterocycles.